The van der Waals surface area contributed by atoms with Gasteiger partial charge >= 0.3 is 5.97 Å². The molecule has 102 valence electrons. The summed E-state index contributed by atoms with van der Waals surface area (Å²) in [5.74, 6) is -0.412. The van der Waals surface area contributed by atoms with Gasteiger partial charge in [-0.3, -0.25) is 4.79 Å². The molecule has 0 aliphatic carbocycles. The molecule has 0 atom stereocenters. The van der Waals surface area contributed by atoms with E-state index < -0.39 is 16.0 Å². The average molecular weight is 292 g/mol. The van der Waals surface area contributed by atoms with E-state index in [4.69, 9.17) is 10.5 Å². The topological polar surface area (TPSA) is 89.7 Å². The number of rotatable bonds is 6. The summed E-state index contributed by atoms with van der Waals surface area (Å²) in [7, 11) is -2.14. The largest absolute Gasteiger partial charge is 0.466 e. The normalized spacial score (nSPS) is 11.7. The van der Waals surface area contributed by atoms with E-state index in [2.05, 4.69) is 0 Å². The lowest BCUT2D eigenvalue weighted by molar-refractivity contribution is -0.143. The number of esters is 1. The second-order valence-electron chi connectivity index (χ2n) is 3.58. The van der Waals surface area contributed by atoms with Crippen molar-refractivity contribution in [2.45, 2.75) is 17.6 Å². The number of hydrogen-bond donors (Lipinski definition) is 1. The minimum atomic E-state index is -3.56. The van der Waals surface area contributed by atoms with Crippen LogP contribution >= 0.6 is 11.3 Å². The number of ether oxygens (including phenoxy) is 1. The van der Waals surface area contributed by atoms with Gasteiger partial charge in [-0.05, 0) is 13.0 Å². The smallest absolute Gasteiger partial charge is 0.307 e. The Morgan fingerprint density at radius 3 is 2.72 bits per heavy atom. The van der Waals surface area contributed by atoms with Gasteiger partial charge in [0.1, 0.15) is 4.21 Å². The summed E-state index contributed by atoms with van der Waals surface area (Å²) in [6.07, 6.45) is 0.0322. The third-order valence-electron chi connectivity index (χ3n) is 2.20. The molecule has 0 aromatic carbocycles. The number of sulfonamides is 1. The van der Waals surface area contributed by atoms with Crippen LogP contribution in [-0.4, -0.2) is 38.9 Å². The number of carbonyl (C=O) groups excluding carboxylic acids is 1. The van der Waals surface area contributed by atoms with E-state index in [0.717, 1.165) is 15.6 Å². The van der Waals surface area contributed by atoms with Gasteiger partial charge in [0.25, 0.3) is 10.0 Å². The fraction of sp³-hybridized carbons (Fsp3) is 0.500. The average Bonchev–Trinajstić information content (AvgIpc) is 2.73. The monoisotopic (exact) mass is 292 g/mol. The number of nitrogen functional groups attached to an aromatic ring is 1. The Balaban J connectivity index is 2.66. The highest BCUT2D eigenvalue weighted by atomic mass is 32.2. The standard InChI is InChI=1S/C10H16N2O4S2/c1-3-16-9(13)4-5-12(2)18(14,15)10-6-8(11)7-17-10/h6-7H,3-5,11H2,1-2H3. The summed E-state index contributed by atoms with van der Waals surface area (Å²) in [5, 5.41) is 1.56. The van der Waals surface area contributed by atoms with Crippen LogP contribution in [0.15, 0.2) is 15.7 Å². The van der Waals surface area contributed by atoms with Crippen LogP contribution in [0.1, 0.15) is 13.3 Å². The van der Waals surface area contributed by atoms with Crippen LogP contribution in [-0.2, 0) is 19.6 Å². The SMILES string of the molecule is CCOC(=O)CCN(C)S(=O)(=O)c1cc(N)cs1. The van der Waals surface area contributed by atoms with Crippen LogP contribution in [0, 0.1) is 0 Å². The zero-order valence-corrected chi connectivity index (χ0v) is 11.9. The maximum Gasteiger partial charge on any atom is 0.307 e. The second-order valence-corrected chi connectivity index (χ2v) is 6.76. The summed E-state index contributed by atoms with van der Waals surface area (Å²) < 4.78 is 30.1. The highest BCUT2D eigenvalue weighted by Crippen LogP contribution is 2.24. The van der Waals surface area contributed by atoms with Gasteiger partial charge in [-0.25, -0.2) is 8.42 Å². The first-order valence-corrected chi connectivity index (χ1v) is 7.66. The van der Waals surface area contributed by atoms with Crippen molar-refractivity contribution >= 4 is 33.0 Å². The highest BCUT2D eigenvalue weighted by molar-refractivity contribution is 7.91. The van der Waals surface area contributed by atoms with Gasteiger partial charge in [0.05, 0.1) is 13.0 Å². The molecule has 8 heteroatoms. The van der Waals surface area contributed by atoms with Crippen molar-refractivity contribution in [1.29, 1.82) is 0 Å². The van der Waals surface area contributed by atoms with Crippen molar-refractivity contribution in [3.63, 3.8) is 0 Å². The number of nitrogens with zero attached hydrogens (tertiary/aromatic N) is 1. The van der Waals surface area contributed by atoms with Crippen molar-refractivity contribution in [3.05, 3.63) is 11.4 Å². The molecule has 1 rings (SSSR count). The van der Waals surface area contributed by atoms with Crippen LogP contribution in [0.5, 0.6) is 0 Å². The lowest BCUT2D eigenvalue weighted by Crippen LogP contribution is -2.29. The molecule has 0 saturated heterocycles. The van der Waals surface area contributed by atoms with E-state index in [9.17, 15) is 13.2 Å². The Morgan fingerprint density at radius 1 is 1.56 bits per heavy atom. The third kappa shape index (κ3) is 3.69. The summed E-state index contributed by atoms with van der Waals surface area (Å²) >= 11 is 1.06. The number of carbonyl (C=O) groups is 1. The molecule has 0 spiro atoms. The van der Waals surface area contributed by atoms with E-state index in [1.54, 1.807) is 12.3 Å². The maximum atomic E-state index is 12.0. The number of nitrogens with two attached hydrogens (primary N) is 1. The number of anilines is 1. The fourth-order valence-electron chi connectivity index (χ4n) is 1.22. The predicted octanol–water partition coefficient (Wildman–Crippen LogP) is 0.904. The van der Waals surface area contributed by atoms with Crippen LogP contribution < -0.4 is 5.73 Å². The first-order valence-electron chi connectivity index (χ1n) is 5.34. The zero-order chi connectivity index (χ0) is 13.8. The lowest BCUT2D eigenvalue weighted by Gasteiger charge is -2.15. The summed E-state index contributed by atoms with van der Waals surface area (Å²) in [6, 6.07) is 1.40. The van der Waals surface area contributed by atoms with Crippen LogP contribution in [0.2, 0.25) is 0 Å². The summed E-state index contributed by atoms with van der Waals surface area (Å²) in [6.45, 7) is 2.07. The molecule has 1 aromatic heterocycles. The lowest BCUT2D eigenvalue weighted by atomic mass is 10.4. The molecular weight excluding hydrogens is 276 g/mol. The maximum absolute atomic E-state index is 12.0. The molecule has 1 heterocycles. The van der Waals surface area contributed by atoms with Crippen LogP contribution in [0.25, 0.3) is 0 Å². The van der Waals surface area contributed by atoms with Crippen LogP contribution in [0.3, 0.4) is 0 Å². The highest BCUT2D eigenvalue weighted by Gasteiger charge is 2.23. The minimum absolute atomic E-state index is 0.0322. The van der Waals surface area contributed by atoms with E-state index >= 15 is 0 Å². The van der Waals surface area contributed by atoms with Gasteiger partial charge in [-0.2, -0.15) is 4.31 Å². The van der Waals surface area contributed by atoms with Crippen molar-refractivity contribution in [2.24, 2.45) is 0 Å². The molecule has 6 nitrogen and oxygen atoms in total. The predicted molar refractivity (Wildman–Crippen MR) is 69.8 cm³/mol. The second kappa shape index (κ2) is 6.17. The van der Waals surface area contributed by atoms with Crippen molar-refractivity contribution in [2.75, 3.05) is 25.9 Å². The molecular formula is C10H16N2O4S2. The summed E-state index contributed by atoms with van der Waals surface area (Å²) in [5.41, 5.74) is 5.90. The van der Waals surface area contributed by atoms with E-state index in [1.807, 2.05) is 0 Å². The fourth-order valence-corrected chi connectivity index (χ4v) is 3.68. The molecule has 0 amide bonds. The summed E-state index contributed by atoms with van der Waals surface area (Å²) in [4.78, 5) is 11.2. The third-order valence-corrected chi connectivity index (χ3v) is 5.49. The number of hydrogen-bond acceptors (Lipinski definition) is 6. The molecule has 2 N–H and O–H groups in total. The van der Waals surface area contributed by atoms with Gasteiger partial charge in [-0.15, -0.1) is 11.3 Å². The molecule has 0 bridgehead atoms. The quantitative estimate of drug-likeness (QED) is 0.787. The minimum Gasteiger partial charge on any atom is -0.466 e. The van der Waals surface area contributed by atoms with E-state index in [1.165, 1.54) is 13.1 Å². The Hall–Kier alpha value is -1.12. The Bertz CT molecular complexity index is 510. The van der Waals surface area contributed by atoms with Gasteiger partial charge in [0.15, 0.2) is 0 Å². The molecule has 0 aliphatic rings. The van der Waals surface area contributed by atoms with E-state index in [-0.39, 0.29) is 23.8 Å². The Labute approximate surface area is 110 Å². The van der Waals surface area contributed by atoms with Crippen LogP contribution in [0.4, 0.5) is 5.69 Å². The van der Waals surface area contributed by atoms with Crippen molar-refractivity contribution < 1.29 is 17.9 Å². The molecule has 0 unspecified atom stereocenters. The molecule has 18 heavy (non-hydrogen) atoms. The van der Waals surface area contributed by atoms with Crippen molar-refractivity contribution in [3.8, 4) is 0 Å². The first kappa shape index (κ1) is 14.9. The van der Waals surface area contributed by atoms with Crippen molar-refractivity contribution in [1.82, 2.24) is 4.31 Å². The van der Waals surface area contributed by atoms with Gasteiger partial charge in [0, 0.05) is 24.7 Å². The Kier molecular flexibility index (Phi) is 5.12. The number of thiophene rings is 1. The van der Waals surface area contributed by atoms with E-state index in [0.29, 0.717) is 5.69 Å². The van der Waals surface area contributed by atoms with Gasteiger partial charge in [0.2, 0.25) is 0 Å². The van der Waals surface area contributed by atoms with Gasteiger partial charge < -0.3 is 10.5 Å². The molecule has 0 aliphatic heterocycles. The molecule has 0 radical (unpaired) electrons. The molecule has 1 aromatic rings. The van der Waals surface area contributed by atoms with Gasteiger partial charge in [-0.1, -0.05) is 0 Å². The first-order chi connectivity index (χ1) is 8.37. The zero-order valence-electron chi connectivity index (χ0n) is 10.3. The molecule has 0 saturated carbocycles. The molecule has 0 fully saturated rings. The Morgan fingerprint density at radius 2 is 2.22 bits per heavy atom.